The molecule has 0 aliphatic carbocycles. The Bertz CT molecular complexity index is 441. The lowest BCUT2D eigenvalue weighted by atomic mass is 10.0. The molecule has 1 aliphatic heterocycles. The predicted molar refractivity (Wildman–Crippen MR) is 74.2 cm³/mol. The SMILES string of the molecule is Cc1ccc(C(=O)N(C)C2CCCNC2)cc1Cl. The summed E-state index contributed by atoms with van der Waals surface area (Å²) >= 11 is 6.07. The van der Waals surface area contributed by atoms with Gasteiger partial charge in [0.15, 0.2) is 0 Å². The van der Waals surface area contributed by atoms with Crippen LogP contribution in [0.4, 0.5) is 0 Å². The highest BCUT2D eigenvalue weighted by Gasteiger charge is 2.22. The Kier molecular flexibility index (Phi) is 4.25. The number of hydrogen-bond acceptors (Lipinski definition) is 2. The van der Waals surface area contributed by atoms with E-state index in [0.717, 1.165) is 31.5 Å². The summed E-state index contributed by atoms with van der Waals surface area (Å²) in [5, 5.41) is 3.97. The quantitative estimate of drug-likeness (QED) is 0.892. The molecule has 4 heteroatoms. The normalized spacial score (nSPS) is 19.6. The fourth-order valence-corrected chi connectivity index (χ4v) is 2.44. The predicted octanol–water partition coefficient (Wildman–Crippen LogP) is 2.47. The number of likely N-dealkylation sites (N-methyl/N-ethyl adjacent to an activating group) is 1. The maximum atomic E-state index is 12.3. The summed E-state index contributed by atoms with van der Waals surface area (Å²) in [5.41, 5.74) is 1.66. The van der Waals surface area contributed by atoms with Crippen molar-refractivity contribution in [2.45, 2.75) is 25.8 Å². The van der Waals surface area contributed by atoms with E-state index in [4.69, 9.17) is 11.6 Å². The van der Waals surface area contributed by atoms with Crippen LogP contribution < -0.4 is 5.32 Å². The minimum atomic E-state index is 0.0469. The van der Waals surface area contributed by atoms with Crippen LogP contribution in [0.15, 0.2) is 18.2 Å². The van der Waals surface area contributed by atoms with Crippen LogP contribution in [-0.2, 0) is 0 Å². The van der Waals surface area contributed by atoms with Crippen molar-refractivity contribution in [2.75, 3.05) is 20.1 Å². The molecule has 1 aromatic carbocycles. The molecule has 3 nitrogen and oxygen atoms in total. The Balaban J connectivity index is 2.11. The molecule has 1 amide bonds. The molecule has 1 N–H and O–H groups in total. The van der Waals surface area contributed by atoms with Crippen molar-refractivity contribution >= 4 is 17.5 Å². The second kappa shape index (κ2) is 5.72. The van der Waals surface area contributed by atoms with Crippen LogP contribution >= 0.6 is 11.6 Å². The van der Waals surface area contributed by atoms with Crippen LogP contribution in [0.25, 0.3) is 0 Å². The van der Waals surface area contributed by atoms with Crippen molar-refractivity contribution in [1.82, 2.24) is 10.2 Å². The molecule has 0 spiro atoms. The van der Waals surface area contributed by atoms with Crippen molar-refractivity contribution in [3.05, 3.63) is 34.3 Å². The molecule has 1 aliphatic rings. The zero-order chi connectivity index (χ0) is 13.1. The molecule has 1 unspecified atom stereocenters. The summed E-state index contributed by atoms with van der Waals surface area (Å²) in [4.78, 5) is 14.2. The number of carbonyl (C=O) groups excluding carboxylic acids is 1. The largest absolute Gasteiger partial charge is 0.337 e. The average molecular weight is 267 g/mol. The minimum absolute atomic E-state index is 0.0469. The number of aryl methyl sites for hydroxylation is 1. The van der Waals surface area contributed by atoms with E-state index in [9.17, 15) is 4.79 Å². The van der Waals surface area contributed by atoms with Gasteiger partial charge in [-0.15, -0.1) is 0 Å². The maximum absolute atomic E-state index is 12.3. The van der Waals surface area contributed by atoms with Gasteiger partial charge < -0.3 is 10.2 Å². The van der Waals surface area contributed by atoms with Crippen molar-refractivity contribution in [2.24, 2.45) is 0 Å². The smallest absolute Gasteiger partial charge is 0.253 e. The van der Waals surface area contributed by atoms with Gasteiger partial charge in [-0.2, -0.15) is 0 Å². The van der Waals surface area contributed by atoms with Gasteiger partial charge in [0, 0.05) is 30.2 Å². The van der Waals surface area contributed by atoms with Crippen LogP contribution in [0.3, 0.4) is 0 Å². The number of hydrogen-bond donors (Lipinski definition) is 1. The van der Waals surface area contributed by atoms with Gasteiger partial charge in [-0.1, -0.05) is 17.7 Å². The molecule has 0 radical (unpaired) electrons. The van der Waals surface area contributed by atoms with Crippen LogP contribution in [0.2, 0.25) is 5.02 Å². The molecule has 1 fully saturated rings. The summed E-state index contributed by atoms with van der Waals surface area (Å²) in [6.45, 7) is 3.86. The van der Waals surface area contributed by atoms with Crippen LogP contribution in [0, 0.1) is 6.92 Å². The zero-order valence-electron chi connectivity index (χ0n) is 10.9. The molecule has 1 heterocycles. The van der Waals surface area contributed by atoms with Gasteiger partial charge >= 0.3 is 0 Å². The van der Waals surface area contributed by atoms with E-state index in [1.807, 2.05) is 31.0 Å². The first-order valence-electron chi connectivity index (χ1n) is 6.33. The number of nitrogens with zero attached hydrogens (tertiary/aromatic N) is 1. The van der Waals surface area contributed by atoms with Crippen molar-refractivity contribution < 1.29 is 4.79 Å². The first-order valence-corrected chi connectivity index (χ1v) is 6.71. The minimum Gasteiger partial charge on any atom is -0.337 e. The molecule has 98 valence electrons. The molecular formula is C14H19ClN2O. The highest BCUT2D eigenvalue weighted by molar-refractivity contribution is 6.31. The topological polar surface area (TPSA) is 32.3 Å². The van der Waals surface area contributed by atoms with Gasteiger partial charge in [0.1, 0.15) is 0 Å². The second-order valence-corrected chi connectivity index (χ2v) is 5.29. The van der Waals surface area contributed by atoms with Gasteiger partial charge in [-0.05, 0) is 44.0 Å². The lowest BCUT2D eigenvalue weighted by Gasteiger charge is -2.31. The Morgan fingerprint density at radius 3 is 2.89 bits per heavy atom. The first kappa shape index (κ1) is 13.4. The molecule has 0 saturated carbocycles. The first-order chi connectivity index (χ1) is 8.59. The van der Waals surface area contributed by atoms with Crippen LogP contribution in [0.5, 0.6) is 0 Å². The zero-order valence-corrected chi connectivity index (χ0v) is 11.6. The third-order valence-corrected chi connectivity index (χ3v) is 3.96. The van der Waals surface area contributed by atoms with Crippen LogP contribution in [-0.4, -0.2) is 37.0 Å². The highest BCUT2D eigenvalue weighted by Crippen LogP contribution is 2.19. The van der Waals surface area contributed by atoms with Gasteiger partial charge in [0.25, 0.3) is 5.91 Å². The number of amides is 1. The van der Waals surface area contributed by atoms with Gasteiger partial charge in [-0.25, -0.2) is 0 Å². The second-order valence-electron chi connectivity index (χ2n) is 4.88. The molecule has 0 aromatic heterocycles. The van der Waals surface area contributed by atoms with E-state index in [0.29, 0.717) is 10.6 Å². The molecule has 2 rings (SSSR count). The fourth-order valence-electron chi connectivity index (χ4n) is 2.26. The number of benzene rings is 1. The third kappa shape index (κ3) is 2.85. The summed E-state index contributed by atoms with van der Waals surface area (Å²) in [6.07, 6.45) is 2.19. The summed E-state index contributed by atoms with van der Waals surface area (Å²) < 4.78 is 0. The molecule has 18 heavy (non-hydrogen) atoms. The lowest BCUT2D eigenvalue weighted by Crippen LogP contribution is -2.46. The number of piperidine rings is 1. The molecular weight excluding hydrogens is 248 g/mol. The van der Waals surface area contributed by atoms with E-state index in [1.54, 1.807) is 6.07 Å². The molecule has 1 atom stereocenters. The fraction of sp³-hybridized carbons (Fsp3) is 0.500. The van der Waals surface area contributed by atoms with E-state index < -0.39 is 0 Å². The Morgan fingerprint density at radius 2 is 2.28 bits per heavy atom. The van der Waals surface area contributed by atoms with E-state index >= 15 is 0 Å². The summed E-state index contributed by atoms with van der Waals surface area (Å²) in [7, 11) is 1.87. The molecule has 1 saturated heterocycles. The summed E-state index contributed by atoms with van der Waals surface area (Å²) in [5.74, 6) is 0.0469. The number of halogens is 1. The number of nitrogens with one attached hydrogen (secondary N) is 1. The van der Waals surface area contributed by atoms with E-state index in [1.165, 1.54) is 0 Å². The van der Waals surface area contributed by atoms with Crippen LogP contribution in [0.1, 0.15) is 28.8 Å². The Labute approximate surface area is 113 Å². The standard InChI is InChI=1S/C14H19ClN2O/c1-10-5-6-11(8-13(10)15)14(18)17(2)12-4-3-7-16-9-12/h5-6,8,12,16H,3-4,7,9H2,1-2H3. The molecule has 0 bridgehead atoms. The number of carbonyl (C=O) groups is 1. The summed E-state index contributed by atoms with van der Waals surface area (Å²) in [6, 6.07) is 5.77. The van der Waals surface area contributed by atoms with E-state index in [-0.39, 0.29) is 11.9 Å². The van der Waals surface area contributed by atoms with Crippen molar-refractivity contribution in [1.29, 1.82) is 0 Å². The monoisotopic (exact) mass is 266 g/mol. The Hall–Kier alpha value is -1.06. The third-order valence-electron chi connectivity index (χ3n) is 3.56. The number of rotatable bonds is 2. The van der Waals surface area contributed by atoms with Gasteiger partial charge in [0.05, 0.1) is 0 Å². The lowest BCUT2D eigenvalue weighted by molar-refractivity contribution is 0.0708. The van der Waals surface area contributed by atoms with Gasteiger partial charge in [0.2, 0.25) is 0 Å². The highest BCUT2D eigenvalue weighted by atomic mass is 35.5. The van der Waals surface area contributed by atoms with Gasteiger partial charge in [-0.3, -0.25) is 4.79 Å². The molecule has 1 aromatic rings. The van der Waals surface area contributed by atoms with Crippen molar-refractivity contribution in [3.8, 4) is 0 Å². The van der Waals surface area contributed by atoms with E-state index in [2.05, 4.69) is 5.32 Å². The van der Waals surface area contributed by atoms with Crippen molar-refractivity contribution in [3.63, 3.8) is 0 Å². The maximum Gasteiger partial charge on any atom is 0.253 e. The average Bonchev–Trinajstić information content (AvgIpc) is 2.41. The Morgan fingerprint density at radius 1 is 1.50 bits per heavy atom.